The Balaban J connectivity index is 1.49. The monoisotopic (exact) mass is 421 g/mol. The molecule has 0 unspecified atom stereocenters. The molecule has 1 aliphatic rings. The molecule has 156 valence electrons. The van der Waals surface area contributed by atoms with Crippen molar-refractivity contribution in [2.24, 2.45) is 5.92 Å². The van der Waals surface area contributed by atoms with Crippen molar-refractivity contribution in [2.45, 2.75) is 17.7 Å². The Kier molecular flexibility index (Phi) is 6.55. The van der Waals surface area contributed by atoms with Gasteiger partial charge in [-0.3, -0.25) is 10.1 Å². The van der Waals surface area contributed by atoms with Crippen molar-refractivity contribution in [3.05, 3.63) is 48.4 Å². The number of amides is 2. The van der Waals surface area contributed by atoms with Crippen LogP contribution < -0.4 is 10.0 Å². The second kappa shape index (κ2) is 9.10. The number of carbonyl (C=O) groups is 2. The van der Waals surface area contributed by atoms with Crippen molar-refractivity contribution < 1.29 is 27.2 Å². The highest BCUT2D eigenvalue weighted by atomic mass is 32.2. The Labute approximate surface area is 169 Å². The van der Waals surface area contributed by atoms with E-state index < -0.39 is 16.1 Å². The van der Waals surface area contributed by atoms with Crippen LogP contribution in [0.15, 0.2) is 52.2 Å². The lowest BCUT2D eigenvalue weighted by atomic mass is 9.97. The summed E-state index contributed by atoms with van der Waals surface area (Å²) < 4.78 is 37.1. The summed E-state index contributed by atoms with van der Waals surface area (Å²) in [7, 11) is -2.42. The smallest absolute Gasteiger partial charge is 0.411 e. The maximum Gasteiger partial charge on any atom is 0.411 e. The molecule has 2 N–H and O–H groups in total. The number of hydrogen-bond acceptors (Lipinski definition) is 6. The zero-order chi connectivity index (χ0) is 20.9. The third-order valence-corrected chi connectivity index (χ3v) is 6.27. The van der Waals surface area contributed by atoms with E-state index in [-0.39, 0.29) is 16.7 Å². The Morgan fingerprint density at radius 2 is 1.86 bits per heavy atom. The number of nitrogens with one attached hydrogen (secondary N) is 2. The van der Waals surface area contributed by atoms with Gasteiger partial charge in [-0.05, 0) is 49.1 Å². The van der Waals surface area contributed by atoms with Crippen LogP contribution in [0.1, 0.15) is 23.2 Å². The number of ether oxygens (including phenoxy) is 1. The number of nitrogens with zero attached hydrogens (tertiary/aromatic N) is 1. The number of anilines is 1. The van der Waals surface area contributed by atoms with Gasteiger partial charge in [0.15, 0.2) is 0 Å². The third kappa shape index (κ3) is 5.36. The number of furan rings is 1. The van der Waals surface area contributed by atoms with Crippen molar-refractivity contribution >= 4 is 27.7 Å². The van der Waals surface area contributed by atoms with E-state index in [9.17, 15) is 18.0 Å². The first kappa shape index (κ1) is 20.9. The maximum absolute atomic E-state index is 12.5. The summed E-state index contributed by atoms with van der Waals surface area (Å²) in [6.45, 7) is 1.45. The molecule has 10 heteroatoms. The van der Waals surface area contributed by atoms with Crippen molar-refractivity contribution in [2.75, 3.05) is 32.1 Å². The molecule has 0 bridgehead atoms. The minimum absolute atomic E-state index is 0.0709. The molecule has 1 aromatic carbocycles. The van der Waals surface area contributed by atoms with E-state index in [0.717, 1.165) is 0 Å². The first-order valence-corrected chi connectivity index (χ1v) is 10.6. The summed E-state index contributed by atoms with van der Waals surface area (Å²) in [6.07, 6.45) is 3.69. The van der Waals surface area contributed by atoms with Gasteiger partial charge < -0.3 is 14.1 Å². The predicted octanol–water partition coefficient (Wildman–Crippen LogP) is 2.29. The molecule has 0 radical (unpaired) electrons. The SMILES string of the molecule is COC(=O)Nc1ccc(S(=O)(=O)NCC2CCN(C(=O)c3ccoc3)CC2)cc1. The Morgan fingerprint density at radius 1 is 1.17 bits per heavy atom. The van der Waals surface area contributed by atoms with Crippen LogP contribution in [-0.4, -0.2) is 52.1 Å². The number of likely N-dealkylation sites (tertiary alicyclic amines) is 1. The van der Waals surface area contributed by atoms with Gasteiger partial charge in [0, 0.05) is 25.3 Å². The molecule has 2 aromatic rings. The van der Waals surface area contributed by atoms with Crippen molar-refractivity contribution in [3.8, 4) is 0 Å². The fourth-order valence-corrected chi connectivity index (χ4v) is 4.22. The first-order valence-electron chi connectivity index (χ1n) is 9.15. The van der Waals surface area contributed by atoms with Crippen LogP contribution in [-0.2, 0) is 14.8 Å². The molecule has 0 aliphatic carbocycles. The molecule has 1 aliphatic heterocycles. The molecule has 1 aromatic heterocycles. The molecule has 0 atom stereocenters. The summed E-state index contributed by atoms with van der Waals surface area (Å²) >= 11 is 0. The van der Waals surface area contributed by atoms with Crippen LogP contribution in [0.3, 0.4) is 0 Å². The largest absolute Gasteiger partial charge is 0.472 e. The normalized spacial score (nSPS) is 15.1. The highest BCUT2D eigenvalue weighted by molar-refractivity contribution is 7.89. The summed E-state index contributed by atoms with van der Waals surface area (Å²) in [5.74, 6) is 0.0804. The summed E-state index contributed by atoms with van der Waals surface area (Å²) in [5.41, 5.74) is 0.958. The lowest BCUT2D eigenvalue weighted by molar-refractivity contribution is 0.0691. The van der Waals surface area contributed by atoms with Gasteiger partial charge >= 0.3 is 6.09 Å². The fraction of sp³-hybridized carbons (Fsp3) is 0.368. The van der Waals surface area contributed by atoms with Crippen molar-refractivity contribution in [3.63, 3.8) is 0 Å². The van der Waals surface area contributed by atoms with Crippen molar-refractivity contribution in [1.29, 1.82) is 0 Å². The second-order valence-electron chi connectivity index (χ2n) is 6.74. The Bertz CT molecular complexity index is 933. The van der Waals surface area contributed by atoms with Gasteiger partial charge in [0.1, 0.15) is 6.26 Å². The standard InChI is InChI=1S/C19H23N3O6S/c1-27-19(24)21-16-2-4-17(5-3-16)29(25,26)20-12-14-6-9-22(10-7-14)18(23)15-8-11-28-13-15/h2-5,8,11,13-14,20H,6-7,9-10,12H2,1H3,(H,21,24). The summed E-state index contributed by atoms with van der Waals surface area (Å²) in [5, 5.41) is 2.46. The molecule has 2 heterocycles. The zero-order valence-electron chi connectivity index (χ0n) is 16.0. The minimum Gasteiger partial charge on any atom is -0.472 e. The number of hydrogen-bond donors (Lipinski definition) is 2. The number of sulfonamides is 1. The lowest BCUT2D eigenvalue weighted by Crippen LogP contribution is -2.41. The van der Waals surface area contributed by atoms with Gasteiger partial charge in [0.25, 0.3) is 5.91 Å². The molecular weight excluding hydrogens is 398 g/mol. The zero-order valence-corrected chi connectivity index (χ0v) is 16.8. The van der Waals surface area contributed by atoms with Crippen LogP contribution in [0.2, 0.25) is 0 Å². The van der Waals surface area contributed by atoms with Gasteiger partial charge in [-0.25, -0.2) is 17.9 Å². The van der Waals surface area contributed by atoms with E-state index >= 15 is 0 Å². The molecule has 2 amide bonds. The molecule has 1 fully saturated rings. The average Bonchev–Trinajstić information content (AvgIpc) is 3.27. The highest BCUT2D eigenvalue weighted by Gasteiger charge is 2.25. The van der Waals surface area contributed by atoms with Gasteiger partial charge in [0.2, 0.25) is 10.0 Å². The van der Waals surface area contributed by atoms with E-state index in [0.29, 0.717) is 43.7 Å². The lowest BCUT2D eigenvalue weighted by Gasteiger charge is -2.31. The topological polar surface area (TPSA) is 118 Å². The van der Waals surface area contributed by atoms with Crippen LogP contribution in [0.5, 0.6) is 0 Å². The maximum atomic E-state index is 12.5. The molecule has 9 nitrogen and oxygen atoms in total. The van der Waals surface area contributed by atoms with Crippen LogP contribution in [0.25, 0.3) is 0 Å². The quantitative estimate of drug-likeness (QED) is 0.739. The molecule has 3 rings (SSSR count). The Morgan fingerprint density at radius 3 is 2.45 bits per heavy atom. The summed E-state index contributed by atoms with van der Waals surface area (Å²) in [6, 6.07) is 7.45. The number of piperidine rings is 1. The number of methoxy groups -OCH3 is 1. The Hall–Kier alpha value is -2.85. The summed E-state index contributed by atoms with van der Waals surface area (Å²) in [4.78, 5) is 25.3. The van der Waals surface area contributed by atoms with E-state index in [4.69, 9.17) is 4.42 Å². The second-order valence-corrected chi connectivity index (χ2v) is 8.51. The van der Waals surface area contributed by atoms with Gasteiger partial charge in [-0.2, -0.15) is 0 Å². The fourth-order valence-electron chi connectivity index (χ4n) is 3.11. The number of carbonyl (C=O) groups excluding carboxylic acids is 2. The van der Waals surface area contributed by atoms with Gasteiger partial charge in [0.05, 0.1) is 23.8 Å². The van der Waals surface area contributed by atoms with Crippen molar-refractivity contribution in [1.82, 2.24) is 9.62 Å². The van der Waals surface area contributed by atoms with E-state index in [1.165, 1.54) is 43.9 Å². The minimum atomic E-state index is -3.66. The third-order valence-electron chi connectivity index (χ3n) is 4.83. The van der Waals surface area contributed by atoms with Crippen LogP contribution >= 0.6 is 0 Å². The molecule has 1 saturated heterocycles. The molecule has 0 spiro atoms. The molecule has 29 heavy (non-hydrogen) atoms. The van der Waals surface area contributed by atoms with Crippen LogP contribution in [0, 0.1) is 5.92 Å². The van der Waals surface area contributed by atoms with E-state index in [1.54, 1.807) is 11.0 Å². The van der Waals surface area contributed by atoms with E-state index in [2.05, 4.69) is 14.8 Å². The molecular formula is C19H23N3O6S. The van der Waals surface area contributed by atoms with Gasteiger partial charge in [-0.15, -0.1) is 0 Å². The highest BCUT2D eigenvalue weighted by Crippen LogP contribution is 2.20. The predicted molar refractivity (Wildman–Crippen MR) is 105 cm³/mol. The van der Waals surface area contributed by atoms with Gasteiger partial charge in [-0.1, -0.05) is 0 Å². The first-order chi connectivity index (χ1) is 13.9. The van der Waals surface area contributed by atoms with E-state index in [1.807, 2.05) is 0 Å². The average molecular weight is 421 g/mol. The number of benzene rings is 1. The number of rotatable bonds is 6. The van der Waals surface area contributed by atoms with Crippen LogP contribution in [0.4, 0.5) is 10.5 Å². The molecule has 0 saturated carbocycles.